The molecule has 1 amide bonds. The van der Waals surface area contributed by atoms with E-state index >= 15 is 0 Å². The normalized spacial score (nSPS) is 13.6. The third-order valence-corrected chi connectivity index (χ3v) is 12.3. The predicted octanol–water partition coefficient (Wildman–Crippen LogP) is 13.6. The fourth-order valence-electron chi connectivity index (χ4n) is 7.37. The first-order chi connectivity index (χ1) is 29.6. The van der Waals surface area contributed by atoms with E-state index in [9.17, 15) is 34.1 Å². The smallest absolute Gasteiger partial charge is 0.472 e. The molecule has 360 valence electrons. The lowest BCUT2D eigenvalue weighted by atomic mass is 10.0. The summed E-state index contributed by atoms with van der Waals surface area (Å²) in [7, 11) is -4.75. The molecule has 0 bridgehead atoms. The van der Waals surface area contributed by atoms with Crippen molar-refractivity contribution in [1.29, 1.82) is 0 Å². The molecular weight excluding hydrogens is 794 g/mol. The summed E-state index contributed by atoms with van der Waals surface area (Å²) in [5.41, 5.74) is 0. The van der Waals surface area contributed by atoms with Gasteiger partial charge in [0.05, 0.1) is 13.2 Å². The van der Waals surface area contributed by atoms with Crippen molar-refractivity contribution in [3.05, 3.63) is 12.2 Å². The molecule has 11 nitrogen and oxygen atoms in total. The highest BCUT2D eigenvalue weighted by molar-refractivity contribution is 7.47. The second kappa shape index (κ2) is 44.8. The molecule has 12 heteroatoms. The van der Waals surface area contributed by atoms with Crippen molar-refractivity contribution in [2.24, 2.45) is 0 Å². The number of phosphoric ester groups is 1. The standard InChI is InChI=1S/C49H94NO10P/c1-3-5-7-9-11-13-15-17-19-21-22-23-24-25-27-29-31-33-35-37-39-41-48(53)58-42-45(51)43-59-61(56,57)60-44-46(49(54)55)50-47(52)40-38-36-34-32-30-28-26-20-18-16-14-12-10-8-6-4-2/h17,19,45-46,51H,3-16,18,20-44H2,1-2H3,(H,50,52)(H,54,55)(H,56,57)/b19-17+. The number of carbonyl (C=O) groups excluding carboxylic acids is 2. The minimum atomic E-state index is -4.75. The van der Waals surface area contributed by atoms with Gasteiger partial charge in [-0.1, -0.05) is 212 Å². The molecule has 0 aliphatic rings. The van der Waals surface area contributed by atoms with Crippen LogP contribution >= 0.6 is 7.82 Å². The van der Waals surface area contributed by atoms with Crippen molar-refractivity contribution in [3.63, 3.8) is 0 Å². The molecule has 0 aliphatic carbocycles. The zero-order valence-corrected chi connectivity index (χ0v) is 40.1. The number of carboxylic acids is 1. The zero-order chi connectivity index (χ0) is 44.9. The number of hydrogen-bond acceptors (Lipinski definition) is 8. The first-order valence-electron chi connectivity index (χ1n) is 25.2. The van der Waals surface area contributed by atoms with Gasteiger partial charge in [0.1, 0.15) is 12.7 Å². The Morgan fingerprint density at radius 1 is 0.508 bits per heavy atom. The maximum atomic E-state index is 12.3. The molecule has 3 atom stereocenters. The van der Waals surface area contributed by atoms with Crippen LogP contribution in [0.25, 0.3) is 0 Å². The van der Waals surface area contributed by atoms with Gasteiger partial charge >= 0.3 is 19.8 Å². The number of unbranched alkanes of at least 4 members (excludes halogenated alkanes) is 32. The number of amides is 1. The monoisotopic (exact) mass is 888 g/mol. The summed E-state index contributed by atoms with van der Waals surface area (Å²) in [4.78, 5) is 46.1. The van der Waals surface area contributed by atoms with Crippen LogP contribution in [0.4, 0.5) is 0 Å². The Kier molecular flexibility index (Phi) is 43.5. The lowest BCUT2D eigenvalue weighted by molar-refractivity contribution is -0.147. The maximum absolute atomic E-state index is 12.3. The number of esters is 1. The van der Waals surface area contributed by atoms with E-state index in [-0.39, 0.29) is 12.8 Å². The quantitative estimate of drug-likeness (QED) is 0.0200. The fourth-order valence-corrected chi connectivity index (χ4v) is 8.14. The third-order valence-electron chi connectivity index (χ3n) is 11.3. The highest BCUT2D eigenvalue weighted by atomic mass is 31.2. The van der Waals surface area contributed by atoms with E-state index in [1.807, 2.05) is 0 Å². The summed E-state index contributed by atoms with van der Waals surface area (Å²) in [6, 6.07) is -1.54. The summed E-state index contributed by atoms with van der Waals surface area (Å²) >= 11 is 0. The topological polar surface area (TPSA) is 169 Å². The molecule has 3 unspecified atom stereocenters. The van der Waals surface area contributed by atoms with Crippen LogP contribution in [0.1, 0.15) is 251 Å². The van der Waals surface area contributed by atoms with Crippen LogP contribution in [-0.2, 0) is 32.7 Å². The largest absolute Gasteiger partial charge is 0.480 e. The van der Waals surface area contributed by atoms with E-state index in [0.29, 0.717) is 12.8 Å². The molecule has 61 heavy (non-hydrogen) atoms. The molecule has 0 aliphatic heterocycles. The molecule has 4 N–H and O–H groups in total. The van der Waals surface area contributed by atoms with Gasteiger partial charge in [0.15, 0.2) is 6.04 Å². The average Bonchev–Trinajstić information content (AvgIpc) is 3.24. The number of rotatable bonds is 48. The molecule has 0 fully saturated rings. The number of nitrogens with one attached hydrogen (secondary N) is 1. The van der Waals surface area contributed by atoms with Gasteiger partial charge in [-0.15, -0.1) is 0 Å². The van der Waals surface area contributed by atoms with E-state index in [1.54, 1.807) is 0 Å². The van der Waals surface area contributed by atoms with Gasteiger partial charge < -0.3 is 25.2 Å². The van der Waals surface area contributed by atoms with E-state index < -0.39 is 57.6 Å². The van der Waals surface area contributed by atoms with Crippen LogP contribution in [0, 0.1) is 0 Å². The van der Waals surface area contributed by atoms with Crippen LogP contribution in [0.2, 0.25) is 0 Å². The minimum absolute atomic E-state index is 0.151. The van der Waals surface area contributed by atoms with Crippen molar-refractivity contribution in [2.45, 2.75) is 264 Å². The summed E-state index contributed by atoms with van der Waals surface area (Å²) < 4.78 is 26.9. The SMILES string of the molecule is CCCCCCCC/C=C/CCCCCCCCCCCCCC(=O)OCC(O)COP(=O)(O)OCC(NC(=O)CCCCCCCCCCCCCCCCCC)C(=O)O. The zero-order valence-electron chi connectivity index (χ0n) is 39.2. The van der Waals surface area contributed by atoms with E-state index in [2.05, 4.69) is 31.3 Å². The molecule has 0 aromatic carbocycles. The average molecular weight is 888 g/mol. The molecule has 0 radical (unpaired) electrons. The second-order valence-electron chi connectivity index (χ2n) is 17.4. The number of aliphatic hydroxyl groups is 1. The Bertz CT molecular complexity index is 1090. The molecule has 0 spiro atoms. The highest BCUT2D eigenvalue weighted by Gasteiger charge is 2.28. The van der Waals surface area contributed by atoms with Crippen LogP contribution in [0.5, 0.6) is 0 Å². The van der Waals surface area contributed by atoms with Crippen LogP contribution in [0.15, 0.2) is 12.2 Å². The molecule has 0 heterocycles. The van der Waals surface area contributed by atoms with E-state index in [4.69, 9.17) is 13.8 Å². The van der Waals surface area contributed by atoms with Gasteiger partial charge in [0.25, 0.3) is 0 Å². The number of hydrogen-bond donors (Lipinski definition) is 4. The molecule has 0 rings (SSSR count). The van der Waals surface area contributed by atoms with Crippen molar-refractivity contribution < 1.29 is 47.8 Å². The van der Waals surface area contributed by atoms with Crippen molar-refractivity contribution in [2.75, 3.05) is 19.8 Å². The molecule has 0 aromatic heterocycles. The number of carbonyl (C=O) groups is 3. The lowest BCUT2D eigenvalue weighted by Crippen LogP contribution is -2.43. The van der Waals surface area contributed by atoms with Crippen LogP contribution in [-0.4, -0.2) is 64.9 Å². The number of ether oxygens (including phenoxy) is 1. The third kappa shape index (κ3) is 44.6. The van der Waals surface area contributed by atoms with Gasteiger partial charge in [-0.2, -0.15) is 0 Å². The summed E-state index contributed by atoms with van der Waals surface area (Å²) in [5, 5.41) is 21.9. The minimum Gasteiger partial charge on any atom is -0.480 e. The fraction of sp³-hybridized carbons (Fsp3) is 0.898. The molecular formula is C49H94NO10P. The van der Waals surface area contributed by atoms with Gasteiger partial charge in [0, 0.05) is 12.8 Å². The number of carboxylic acid groups (broad SMARTS) is 1. The Balaban J connectivity index is 3.79. The van der Waals surface area contributed by atoms with Crippen molar-refractivity contribution in [1.82, 2.24) is 5.32 Å². The Morgan fingerprint density at radius 2 is 0.852 bits per heavy atom. The predicted molar refractivity (Wildman–Crippen MR) is 250 cm³/mol. The first-order valence-corrected chi connectivity index (χ1v) is 26.7. The Labute approximate surface area is 373 Å². The van der Waals surface area contributed by atoms with Crippen LogP contribution in [0.3, 0.4) is 0 Å². The van der Waals surface area contributed by atoms with Gasteiger partial charge in [-0.25, -0.2) is 9.36 Å². The van der Waals surface area contributed by atoms with E-state index in [1.165, 1.54) is 173 Å². The summed E-state index contributed by atoms with van der Waals surface area (Å²) in [6.07, 6.45) is 46.6. The second-order valence-corrected chi connectivity index (χ2v) is 18.8. The lowest BCUT2D eigenvalue weighted by Gasteiger charge is -2.18. The van der Waals surface area contributed by atoms with Crippen molar-refractivity contribution >= 4 is 25.7 Å². The number of aliphatic hydroxyl groups excluding tert-OH is 1. The highest BCUT2D eigenvalue weighted by Crippen LogP contribution is 2.43. The van der Waals surface area contributed by atoms with Crippen LogP contribution < -0.4 is 5.32 Å². The molecule has 0 saturated carbocycles. The summed E-state index contributed by atoms with van der Waals surface area (Å²) in [6.45, 7) is 2.63. The number of aliphatic carboxylic acids is 1. The van der Waals surface area contributed by atoms with Crippen molar-refractivity contribution in [3.8, 4) is 0 Å². The van der Waals surface area contributed by atoms with E-state index in [0.717, 1.165) is 38.5 Å². The van der Waals surface area contributed by atoms with Gasteiger partial charge in [-0.05, 0) is 38.5 Å². The number of allylic oxidation sites excluding steroid dienone is 2. The first kappa shape index (κ1) is 59.2. The molecule has 0 saturated heterocycles. The Morgan fingerprint density at radius 3 is 1.25 bits per heavy atom. The Hall–Kier alpha value is -1.78. The van der Waals surface area contributed by atoms with Gasteiger partial charge in [0.2, 0.25) is 5.91 Å². The van der Waals surface area contributed by atoms with Gasteiger partial charge in [-0.3, -0.25) is 18.6 Å². The maximum Gasteiger partial charge on any atom is 0.472 e. The number of phosphoric acid groups is 1. The summed E-state index contributed by atoms with van der Waals surface area (Å²) in [5.74, 6) is -2.35. The molecule has 0 aromatic rings.